The average molecular weight is 280 g/mol. The average Bonchev–Trinajstić information content (AvgIpc) is 2.52. The van der Waals surface area contributed by atoms with Gasteiger partial charge >= 0.3 is 0 Å². The highest BCUT2D eigenvalue weighted by molar-refractivity contribution is 4.76. The summed E-state index contributed by atoms with van der Waals surface area (Å²) >= 11 is 0. The lowest BCUT2D eigenvalue weighted by atomic mass is 9.75. The Kier molecular flexibility index (Phi) is 7.41. The molecule has 0 aliphatic heterocycles. The second-order valence-corrected chi connectivity index (χ2v) is 7.68. The van der Waals surface area contributed by atoms with Crippen molar-refractivity contribution in [1.29, 1.82) is 0 Å². The van der Waals surface area contributed by atoms with Crippen LogP contribution in [-0.2, 0) is 0 Å². The molecule has 118 valence electrons. The molecule has 2 aliphatic carbocycles. The molecule has 2 saturated carbocycles. The summed E-state index contributed by atoms with van der Waals surface area (Å²) in [5.41, 5.74) is 0. The van der Waals surface area contributed by atoms with Crippen molar-refractivity contribution in [3.8, 4) is 0 Å². The molecular weight excluding hydrogens is 244 g/mol. The maximum atomic E-state index is 9.20. The molecular formula is C19H36O. The summed E-state index contributed by atoms with van der Waals surface area (Å²) in [6.45, 7) is 2.74. The molecule has 1 nitrogen and oxygen atoms in total. The van der Waals surface area contributed by atoms with Gasteiger partial charge < -0.3 is 5.11 Å². The molecule has 20 heavy (non-hydrogen) atoms. The van der Waals surface area contributed by atoms with Gasteiger partial charge in [0, 0.05) is 6.61 Å². The van der Waals surface area contributed by atoms with Gasteiger partial charge in [0.25, 0.3) is 0 Å². The fraction of sp³-hybridized carbons (Fsp3) is 1.00. The second-order valence-electron chi connectivity index (χ2n) is 7.68. The molecule has 2 fully saturated rings. The highest BCUT2D eigenvalue weighted by Crippen LogP contribution is 2.37. The zero-order valence-electron chi connectivity index (χ0n) is 13.7. The molecule has 0 atom stereocenters. The SMILES string of the molecule is CCCC[C@H]1CC[C@H](CCC2CCC(CO)CC2)CC1. The van der Waals surface area contributed by atoms with E-state index in [0.717, 1.165) is 17.8 Å². The fourth-order valence-corrected chi connectivity index (χ4v) is 4.48. The molecule has 1 N–H and O–H groups in total. The van der Waals surface area contributed by atoms with Crippen molar-refractivity contribution in [3.63, 3.8) is 0 Å². The Hall–Kier alpha value is -0.0400. The van der Waals surface area contributed by atoms with Crippen molar-refractivity contribution in [2.45, 2.75) is 90.4 Å². The maximum Gasteiger partial charge on any atom is 0.0459 e. The Labute approximate surface area is 126 Å². The molecule has 0 unspecified atom stereocenters. The van der Waals surface area contributed by atoms with Crippen LogP contribution in [0.3, 0.4) is 0 Å². The molecule has 0 heterocycles. The van der Waals surface area contributed by atoms with Gasteiger partial charge in [-0.3, -0.25) is 0 Å². The Bertz CT molecular complexity index is 234. The summed E-state index contributed by atoms with van der Waals surface area (Å²) in [7, 11) is 0. The van der Waals surface area contributed by atoms with Crippen LogP contribution in [0.2, 0.25) is 0 Å². The smallest absolute Gasteiger partial charge is 0.0459 e. The van der Waals surface area contributed by atoms with Crippen LogP contribution >= 0.6 is 0 Å². The summed E-state index contributed by atoms with van der Waals surface area (Å²) in [6, 6.07) is 0. The first-order chi connectivity index (χ1) is 9.81. The Morgan fingerprint density at radius 3 is 1.45 bits per heavy atom. The van der Waals surface area contributed by atoms with Gasteiger partial charge in [-0.05, 0) is 36.5 Å². The Morgan fingerprint density at radius 2 is 1.05 bits per heavy atom. The van der Waals surface area contributed by atoms with E-state index in [4.69, 9.17) is 0 Å². The molecule has 2 rings (SSSR count). The van der Waals surface area contributed by atoms with Crippen molar-refractivity contribution in [2.24, 2.45) is 23.7 Å². The summed E-state index contributed by atoms with van der Waals surface area (Å²) in [5.74, 6) is 3.71. The zero-order valence-corrected chi connectivity index (χ0v) is 13.7. The van der Waals surface area contributed by atoms with E-state index in [0.29, 0.717) is 12.5 Å². The van der Waals surface area contributed by atoms with Crippen LogP contribution in [0.25, 0.3) is 0 Å². The van der Waals surface area contributed by atoms with E-state index in [9.17, 15) is 5.11 Å². The van der Waals surface area contributed by atoms with Crippen molar-refractivity contribution in [1.82, 2.24) is 0 Å². The lowest BCUT2D eigenvalue weighted by Gasteiger charge is -2.31. The second kappa shape index (κ2) is 9.07. The highest BCUT2D eigenvalue weighted by atomic mass is 16.3. The van der Waals surface area contributed by atoms with Crippen molar-refractivity contribution < 1.29 is 5.11 Å². The van der Waals surface area contributed by atoms with Gasteiger partial charge in [-0.15, -0.1) is 0 Å². The van der Waals surface area contributed by atoms with Gasteiger partial charge in [0.05, 0.1) is 0 Å². The number of aliphatic hydroxyl groups excluding tert-OH is 1. The van der Waals surface area contributed by atoms with Crippen LogP contribution < -0.4 is 0 Å². The van der Waals surface area contributed by atoms with Gasteiger partial charge in [0.15, 0.2) is 0 Å². The molecule has 0 saturated heterocycles. The number of unbranched alkanes of at least 4 members (excludes halogenated alkanes) is 1. The Balaban J connectivity index is 1.55. The van der Waals surface area contributed by atoms with E-state index in [-0.39, 0.29) is 0 Å². The van der Waals surface area contributed by atoms with Gasteiger partial charge in [-0.2, -0.15) is 0 Å². The topological polar surface area (TPSA) is 20.2 Å². The van der Waals surface area contributed by atoms with E-state index in [1.54, 1.807) is 0 Å². The molecule has 0 radical (unpaired) electrons. The minimum atomic E-state index is 0.425. The third kappa shape index (κ3) is 5.39. The fourth-order valence-electron chi connectivity index (χ4n) is 4.48. The van der Waals surface area contributed by atoms with Crippen LogP contribution in [0.1, 0.15) is 90.4 Å². The normalized spacial score (nSPS) is 35.1. The van der Waals surface area contributed by atoms with E-state index >= 15 is 0 Å². The summed E-state index contributed by atoms with van der Waals surface area (Å²) in [6.07, 6.45) is 18.7. The number of aliphatic hydroxyl groups is 1. The minimum absolute atomic E-state index is 0.425. The predicted octanol–water partition coefficient (Wildman–Crippen LogP) is 5.56. The molecule has 0 aromatic carbocycles. The first kappa shape index (κ1) is 16.3. The van der Waals surface area contributed by atoms with Crippen molar-refractivity contribution in [2.75, 3.05) is 6.61 Å². The quantitative estimate of drug-likeness (QED) is 0.647. The molecule has 0 bridgehead atoms. The van der Waals surface area contributed by atoms with Crippen LogP contribution in [-0.4, -0.2) is 11.7 Å². The van der Waals surface area contributed by atoms with Crippen molar-refractivity contribution in [3.05, 3.63) is 0 Å². The van der Waals surface area contributed by atoms with Crippen molar-refractivity contribution >= 4 is 0 Å². The molecule has 0 aromatic heterocycles. The van der Waals surface area contributed by atoms with Gasteiger partial charge in [-0.25, -0.2) is 0 Å². The van der Waals surface area contributed by atoms with Crippen LogP contribution in [0.5, 0.6) is 0 Å². The Morgan fingerprint density at radius 1 is 0.650 bits per heavy atom. The van der Waals surface area contributed by atoms with Gasteiger partial charge in [-0.1, -0.05) is 77.6 Å². The summed E-state index contributed by atoms with van der Waals surface area (Å²) < 4.78 is 0. The predicted molar refractivity (Wildman–Crippen MR) is 86.7 cm³/mol. The van der Waals surface area contributed by atoms with Crippen LogP contribution in [0.15, 0.2) is 0 Å². The first-order valence-electron chi connectivity index (χ1n) is 9.42. The molecule has 1 heteroatoms. The monoisotopic (exact) mass is 280 g/mol. The third-order valence-electron chi connectivity index (χ3n) is 6.14. The summed E-state index contributed by atoms with van der Waals surface area (Å²) in [4.78, 5) is 0. The minimum Gasteiger partial charge on any atom is -0.396 e. The van der Waals surface area contributed by atoms with E-state index in [1.807, 2.05) is 0 Å². The number of hydrogen-bond donors (Lipinski definition) is 1. The van der Waals surface area contributed by atoms with Crippen LogP contribution in [0.4, 0.5) is 0 Å². The van der Waals surface area contributed by atoms with E-state index < -0.39 is 0 Å². The number of hydrogen-bond acceptors (Lipinski definition) is 1. The standard InChI is InChI=1S/C19H36O/c1-2-3-4-16-5-7-17(8-6-16)9-10-18-11-13-19(15-20)14-12-18/h16-20H,2-15H2,1H3/t16-,17-,18?,19?. The van der Waals surface area contributed by atoms with Crippen LogP contribution in [0, 0.1) is 23.7 Å². The largest absolute Gasteiger partial charge is 0.396 e. The molecule has 0 aromatic rings. The molecule has 0 spiro atoms. The zero-order chi connectivity index (χ0) is 14.2. The van der Waals surface area contributed by atoms with E-state index in [1.165, 1.54) is 83.5 Å². The lowest BCUT2D eigenvalue weighted by Crippen LogP contribution is -2.19. The summed E-state index contributed by atoms with van der Waals surface area (Å²) in [5, 5.41) is 9.20. The first-order valence-corrected chi connectivity index (χ1v) is 9.42. The third-order valence-corrected chi connectivity index (χ3v) is 6.14. The highest BCUT2D eigenvalue weighted by Gasteiger charge is 2.24. The molecule has 2 aliphatic rings. The maximum absolute atomic E-state index is 9.20. The van der Waals surface area contributed by atoms with Gasteiger partial charge in [0.1, 0.15) is 0 Å². The molecule has 0 amide bonds. The van der Waals surface area contributed by atoms with Gasteiger partial charge in [0.2, 0.25) is 0 Å². The number of rotatable bonds is 7. The lowest BCUT2D eigenvalue weighted by molar-refractivity contribution is 0.157. The van der Waals surface area contributed by atoms with E-state index in [2.05, 4.69) is 6.92 Å².